The molecule has 2 aromatic heterocycles. The molecule has 0 spiro atoms. The molecule has 3 rings (SSSR count). The first-order valence-electron chi connectivity index (χ1n) is 5.21. The Morgan fingerprint density at radius 3 is 2.72 bits per heavy atom. The number of rotatable bonds is 2. The van der Waals surface area contributed by atoms with E-state index >= 15 is 0 Å². The van der Waals surface area contributed by atoms with Crippen LogP contribution in [0.15, 0.2) is 40.2 Å². The molecular weight excluding hydrogens is 416 g/mol. The number of hydrogen-bond donors (Lipinski definition) is 0. The normalized spacial score (nSPS) is 13.1. The van der Waals surface area contributed by atoms with Crippen molar-refractivity contribution in [2.45, 2.75) is 4.83 Å². The number of thiophene rings is 2. The highest BCUT2D eigenvalue weighted by atomic mass is 79.9. The van der Waals surface area contributed by atoms with Crippen molar-refractivity contribution >= 4 is 76.2 Å². The van der Waals surface area contributed by atoms with Crippen molar-refractivity contribution in [1.29, 1.82) is 0 Å². The fourth-order valence-electron chi connectivity index (χ4n) is 1.84. The van der Waals surface area contributed by atoms with Crippen LogP contribution in [0.4, 0.5) is 0 Å². The maximum absolute atomic E-state index is 6.11. The highest BCUT2D eigenvalue weighted by Crippen LogP contribution is 2.44. The minimum absolute atomic E-state index is 0.197. The average molecular weight is 423 g/mol. The lowest BCUT2D eigenvalue weighted by Crippen LogP contribution is -1.86. The third-order valence-electron chi connectivity index (χ3n) is 2.70. The average Bonchev–Trinajstić information content (AvgIpc) is 2.93. The predicted octanol–water partition coefficient (Wildman–Crippen LogP) is 6.86. The smallest absolute Gasteiger partial charge is 0.107 e. The summed E-state index contributed by atoms with van der Waals surface area (Å²) in [5.41, 5.74) is 1.31. The molecule has 0 fully saturated rings. The van der Waals surface area contributed by atoms with Gasteiger partial charge in [-0.2, -0.15) is 0 Å². The van der Waals surface area contributed by atoms with Crippen LogP contribution in [0, 0.1) is 0 Å². The fraction of sp³-hybridized carbons (Fsp3) is 0.0769. The van der Waals surface area contributed by atoms with Crippen LogP contribution in [0.2, 0.25) is 4.34 Å². The van der Waals surface area contributed by atoms with Crippen molar-refractivity contribution in [3.05, 3.63) is 55.0 Å². The SMILES string of the molecule is Clc1sc(C(Br)c2csc3ccccc23)cc1Br. The molecule has 1 unspecified atom stereocenters. The van der Waals surface area contributed by atoms with E-state index in [2.05, 4.69) is 67.6 Å². The lowest BCUT2D eigenvalue weighted by Gasteiger charge is -2.06. The van der Waals surface area contributed by atoms with Crippen LogP contribution < -0.4 is 0 Å². The third kappa shape index (κ3) is 2.29. The van der Waals surface area contributed by atoms with Crippen LogP contribution in [-0.2, 0) is 0 Å². The van der Waals surface area contributed by atoms with Crippen molar-refractivity contribution < 1.29 is 0 Å². The van der Waals surface area contributed by atoms with Gasteiger partial charge in [0.15, 0.2) is 0 Å². The molecule has 0 saturated heterocycles. The second-order valence-corrected chi connectivity index (χ2v) is 8.19. The second-order valence-electron chi connectivity index (χ2n) is 3.82. The van der Waals surface area contributed by atoms with Gasteiger partial charge in [0.05, 0.1) is 4.83 Å². The zero-order chi connectivity index (χ0) is 12.7. The second kappa shape index (κ2) is 5.25. The summed E-state index contributed by atoms with van der Waals surface area (Å²) >= 11 is 16.7. The minimum Gasteiger partial charge on any atom is -0.143 e. The Hall–Kier alpha value is 0.130. The quantitative estimate of drug-likeness (QED) is 0.396. The van der Waals surface area contributed by atoms with Crippen LogP contribution >= 0.6 is 66.1 Å². The molecular formula is C13H7Br2ClS2. The van der Waals surface area contributed by atoms with Gasteiger partial charge in [0, 0.05) is 14.0 Å². The van der Waals surface area contributed by atoms with Gasteiger partial charge in [-0.05, 0) is 44.4 Å². The molecule has 0 N–H and O–H groups in total. The molecule has 0 nitrogen and oxygen atoms in total. The standard InChI is InChI=1S/C13H7Br2ClS2/c14-9-5-11(18-13(9)16)12(15)8-6-17-10-4-2-1-3-7(8)10/h1-6,12H. The van der Waals surface area contributed by atoms with E-state index in [1.54, 1.807) is 22.7 Å². The Bertz CT molecular complexity index is 682. The van der Waals surface area contributed by atoms with Crippen LogP contribution in [0.1, 0.15) is 15.3 Å². The van der Waals surface area contributed by atoms with E-state index in [-0.39, 0.29) is 4.83 Å². The van der Waals surface area contributed by atoms with Gasteiger partial charge in [0.1, 0.15) is 4.34 Å². The largest absolute Gasteiger partial charge is 0.143 e. The summed E-state index contributed by atoms with van der Waals surface area (Å²) in [6.07, 6.45) is 0. The summed E-state index contributed by atoms with van der Waals surface area (Å²) in [6.45, 7) is 0. The molecule has 3 aromatic rings. The van der Waals surface area contributed by atoms with E-state index in [4.69, 9.17) is 11.6 Å². The molecule has 0 aliphatic carbocycles. The summed E-state index contributed by atoms with van der Waals surface area (Å²) in [6, 6.07) is 10.6. The van der Waals surface area contributed by atoms with E-state index in [0.717, 1.165) is 8.81 Å². The minimum atomic E-state index is 0.197. The number of alkyl halides is 1. The van der Waals surface area contributed by atoms with Crippen molar-refractivity contribution in [3.8, 4) is 0 Å². The summed E-state index contributed by atoms with van der Waals surface area (Å²) in [7, 11) is 0. The van der Waals surface area contributed by atoms with E-state index in [0.29, 0.717) is 0 Å². The molecule has 0 bridgehead atoms. The molecule has 0 radical (unpaired) electrons. The Morgan fingerprint density at radius 1 is 1.22 bits per heavy atom. The first-order chi connectivity index (χ1) is 8.66. The highest BCUT2D eigenvalue weighted by Gasteiger charge is 2.18. The maximum Gasteiger partial charge on any atom is 0.107 e. The van der Waals surface area contributed by atoms with Crippen LogP contribution in [0.25, 0.3) is 10.1 Å². The van der Waals surface area contributed by atoms with Gasteiger partial charge in [-0.25, -0.2) is 0 Å². The van der Waals surface area contributed by atoms with Crippen LogP contribution in [0.5, 0.6) is 0 Å². The van der Waals surface area contributed by atoms with Crippen molar-refractivity contribution in [2.75, 3.05) is 0 Å². The van der Waals surface area contributed by atoms with E-state index in [1.165, 1.54) is 20.5 Å². The van der Waals surface area contributed by atoms with Crippen molar-refractivity contribution in [1.82, 2.24) is 0 Å². The summed E-state index contributed by atoms with van der Waals surface area (Å²) in [5.74, 6) is 0. The Kier molecular flexibility index (Phi) is 3.83. The molecule has 1 aromatic carbocycles. The monoisotopic (exact) mass is 420 g/mol. The Morgan fingerprint density at radius 2 is 2.00 bits per heavy atom. The molecule has 0 aliphatic heterocycles. The van der Waals surface area contributed by atoms with Crippen LogP contribution in [0.3, 0.4) is 0 Å². The summed E-state index contributed by atoms with van der Waals surface area (Å²) in [5, 5.41) is 3.52. The van der Waals surface area contributed by atoms with Crippen LogP contribution in [-0.4, -0.2) is 0 Å². The van der Waals surface area contributed by atoms with Gasteiger partial charge in [-0.1, -0.05) is 45.7 Å². The third-order valence-corrected chi connectivity index (χ3v) is 7.51. The zero-order valence-corrected chi connectivity index (χ0v) is 14.6. The first kappa shape index (κ1) is 13.1. The van der Waals surface area contributed by atoms with Gasteiger partial charge in [-0.15, -0.1) is 22.7 Å². The molecule has 92 valence electrons. The topological polar surface area (TPSA) is 0 Å². The Labute approximate surface area is 135 Å². The number of benzene rings is 1. The molecule has 18 heavy (non-hydrogen) atoms. The molecule has 5 heteroatoms. The van der Waals surface area contributed by atoms with Gasteiger partial charge < -0.3 is 0 Å². The molecule has 1 atom stereocenters. The summed E-state index contributed by atoms with van der Waals surface area (Å²) in [4.78, 5) is 1.41. The summed E-state index contributed by atoms with van der Waals surface area (Å²) < 4.78 is 3.08. The number of hydrogen-bond acceptors (Lipinski definition) is 2. The number of halogens is 3. The molecule has 0 saturated carbocycles. The number of fused-ring (bicyclic) bond motifs is 1. The lowest BCUT2D eigenvalue weighted by atomic mass is 10.1. The fourth-order valence-corrected chi connectivity index (χ4v) is 5.52. The lowest BCUT2D eigenvalue weighted by molar-refractivity contribution is 1.26. The zero-order valence-electron chi connectivity index (χ0n) is 8.99. The van der Waals surface area contributed by atoms with Gasteiger partial charge >= 0.3 is 0 Å². The maximum atomic E-state index is 6.11. The van der Waals surface area contributed by atoms with E-state index < -0.39 is 0 Å². The molecule has 0 aliphatic rings. The van der Waals surface area contributed by atoms with Gasteiger partial charge in [0.25, 0.3) is 0 Å². The Balaban J connectivity index is 2.09. The first-order valence-corrected chi connectivity index (χ1v) is 9.00. The molecule has 2 heterocycles. The van der Waals surface area contributed by atoms with E-state index in [1.807, 2.05) is 0 Å². The predicted molar refractivity (Wildman–Crippen MR) is 89.6 cm³/mol. The van der Waals surface area contributed by atoms with E-state index in [9.17, 15) is 0 Å². The molecule has 0 amide bonds. The van der Waals surface area contributed by atoms with Crippen molar-refractivity contribution in [2.24, 2.45) is 0 Å². The highest BCUT2D eigenvalue weighted by molar-refractivity contribution is 9.10. The van der Waals surface area contributed by atoms with Gasteiger partial charge in [0.2, 0.25) is 0 Å². The van der Waals surface area contributed by atoms with Crippen molar-refractivity contribution in [3.63, 3.8) is 0 Å². The van der Waals surface area contributed by atoms with Gasteiger partial charge in [-0.3, -0.25) is 0 Å².